The van der Waals surface area contributed by atoms with Crippen LogP contribution in [-0.2, 0) is 10.8 Å². The highest BCUT2D eigenvalue weighted by Crippen LogP contribution is 2.33. The van der Waals surface area contributed by atoms with E-state index in [1.165, 1.54) is 0 Å². The molecule has 0 spiro atoms. The zero-order chi connectivity index (χ0) is 20.4. The van der Waals surface area contributed by atoms with E-state index in [2.05, 4.69) is 37.8 Å². The summed E-state index contributed by atoms with van der Waals surface area (Å²) in [5.41, 5.74) is 4.64. The topological polar surface area (TPSA) is 71.0 Å². The lowest BCUT2D eigenvalue weighted by atomic mass is 10.0. The van der Waals surface area contributed by atoms with Crippen LogP contribution in [0.1, 0.15) is 6.92 Å². The van der Waals surface area contributed by atoms with Gasteiger partial charge in [-0.1, -0.05) is 29.8 Å². The zero-order valence-electron chi connectivity index (χ0n) is 16.2. The number of fused-ring (bicyclic) bond motifs is 1. The molecule has 8 heteroatoms. The van der Waals surface area contributed by atoms with Crippen molar-refractivity contribution in [2.75, 3.05) is 41.4 Å². The molecule has 2 aromatic heterocycles. The Hall–Kier alpha value is -2.51. The number of nitrogens with one attached hydrogen (secondary N) is 1. The van der Waals surface area contributed by atoms with Crippen molar-refractivity contribution in [2.45, 2.75) is 6.92 Å². The number of aromatic nitrogens is 3. The maximum absolute atomic E-state index is 11.5. The lowest BCUT2D eigenvalue weighted by Crippen LogP contribution is -2.38. The Bertz CT molecular complexity index is 1080. The second-order valence-electron chi connectivity index (χ2n) is 7.13. The van der Waals surface area contributed by atoms with Gasteiger partial charge in [0.15, 0.2) is 0 Å². The minimum absolute atomic E-state index is 0.574. The number of benzene rings is 1. The standard InChI is InChI=1S/C21H22ClN5OS/c1-14(2)10-24-20-17-9-15(3-4-19(17)23-13-18(20)22)16-11-25-21(26-12-16)27-5-7-29(28)8-6-27/h3-4,9,11-13H,1,5-8,10H2,2H3,(H,23,24). The van der Waals surface area contributed by atoms with E-state index in [9.17, 15) is 4.21 Å². The van der Waals surface area contributed by atoms with Crippen molar-refractivity contribution in [1.29, 1.82) is 0 Å². The van der Waals surface area contributed by atoms with Crippen LogP contribution in [0.15, 0.2) is 48.9 Å². The van der Waals surface area contributed by atoms with E-state index >= 15 is 0 Å². The van der Waals surface area contributed by atoms with Crippen molar-refractivity contribution in [3.05, 3.63) is 54.0 Å². The molecule has 0 amide bonds. The molecule has 1 aliphatic rings. The minimum atomic E-state index is -0.717. The van der Waals surface area contributed by atoms with Gasteiger partial charge in [0.25, 0.3) is 0 Å². The van der Waals surface area contributed by atoms with Crippen molar-refractivity contribution in [2.24, 2.45) is 0 Å². The van der Waals surface area contributed by atoms with Crippen molar-refractivity contribution in [3.63, 3.8) is 0 Å². The van der Waals surface area contributed by atoms with Crippen LogP contribution in [-0.4, -0.2) is 50.3 Å². The molecule has 4 rings (SSSR count). The first-order chi connectivity index (χ1) is 14.0. The van der Waals surface area contributed by atoms with Crippen LogP contribution in [0, 0.1) is 0 Å². The summed E-state index contributed by atoms with van der Waals surface area (Å²) in [6, 6.07) is 6.03. The van der Waals surface area contributed by atoms with Gasteiger partial charge in [0, 0.05) is 71.5 Å². The van der Waals surface area contributed by atoms with E-state index in [4.69, 9.17) is 11.6 Å². The zero-order valence-corrected chi connectivity index (χ0v) is 17.8. The molecule has 1 aromatic carbocycles. The van der Waals surface area contributed by atoms with E-state index in [1.807, 2.05) is 31.5 Å². The number of anilines is 2. The fourth-order valence-electron chi connectivity index (χ4n) is 3.24. The summed E-state index contributed by atoms with van der Waals surface area (Å²) in [6.45, 7) is 8.00. The van der Waals surface area contributed by atoms with Crippen molar-refractivity contribution < 1.29 is 4.21 Å². The average Bonchev–Trinajstić information content (AvgIpc) is 2.73. The lowest BCUT2D eigenvalue weighted by molar-refractivity contribution is 0.671. The quantitative estimate of drug-likeness (QED) is 0.622. The summed E-state index contributed by atoms with van der Waals surface area (Å²) in [5.74, 6) is 2.02. The molecule has 0 bridgehead atoms. The Morgan fingerprint density at radius 3 is 2.59 bits per heavy atom. The van der Waals surface area contributed by atoms with Gasteiger partial charge in [0.05, 0.1) is 16.2 Å². The summed E-state index contributed by atoms with van der Waals surface area (Å²) in [6.07, 6.45) is 5.32. The molecule has 6 nitrogen and oxygen atoms in total. The molecule has 0 aliphatic carbocycles. The highest BCUT2D eigenvalue weighted by molar-refractivity contribution is 7.85. The molecular weight excluding hydrogens is 406 g/mol. The van der Waals surface area contributed by atoms with Gasteiger partial charge in [-0.05, 0) is 24.6 Å². The summed E-state index contributed by atoms with van der Waals surface area (Å²) in [7, 11) is -0.717. The SMILES string of the molecule is C=C(C)CNc1c(Cl)cnc2ccc(-c3cnc(N4CCS(=O)CC4)nc3)cc12. The van der Waals surface area contributed by atoms with Gasteiger partial charge in [-0.3, -0.25) is 9.19 Å². The number of hydrogen-bond acceptors (Lipinski definition) is 6. The van der Waals surface area contributed by atoms with Gasteiger partial charge in [-0.15, -0.1) is 0 Å². The third-order valence-electron chi connectivity index (χ3n) is 4.82. The average molecular weight is 428 g/mol. The van der Waals surface area contributed by atoms with Gasteiger partial charge in [-0.25, -0.2) is 9.97 Å². The number of pyridine rings is 1. The molecule has 0 radical (unpaired) electrons. The molecule has 1 fully saturated rings. The number of nitrogens with zero attached hydrogens (tertiary/aromatic N) is 4. The number of halogens is 1. The Morgan fingerprint density at radius 1 is 1.17 bits per heavy atom. The highest BCUT2D eigenvalue weighted by Gasteiger charge is 2.17. The molecule has 3 aromatic rings. The molecular formula is C21H22ClN5OS. The largest absolute Gasteiger partial charge is 0.380 e. The lowest BCUT2D eigenvalue weighted by Gasteiger charge is -2.26. The van der Waals surface area contributed by atoms with Gasteiger partial charge < -0.3 is 10.2 Å². The van der Waals surface area contributed by atoms with Crippen LogP contribution in [0.4, 0.5) is 11.6 Å². The van der Waals surface area contributed by atoms with E-state index in [1.54, 1.807) is 6.20 Å². The van der Waals surface area contributed by atoms with Crippen LogP contribution in [0.5, 0.6) is 0 Å². The molecule has 1 saturated heterocycles. The minimum Gasteiger partial charge on any atom is -0.380 e. The van der Waals surface area contributed by atoms with Crippen LogP contribution in [0.25, 0.3) is 22.0 Å². The van der Waals surface area contributed by atoms with E-state index in [0.717, 1.165) is 46.4 Å². The Morgan fingerprint density at radius 2 is 1.90 bits per heavy atom. The summed E-state index contributed by atoms with van der Waals surface area (Å²) < 4.78 is 11.5. The van der Waals surface area contributed by atoms with Crippen LogP contribution < -0.4 is 10.2 Å². The summed E-state index contributed by atoms with van der Waals surface area (Å²) >= 11 is 6.40. The van der Waals surface area contributed by atoms with Crippen LogP contribution in [0.3, 0.4) is 0 Å². The molecule has 0 saturated carbocycles. The molecule has 29 heavy (non-hydrogen) atoms. The predicted molar refractivity (Wildman–Crippen MR) is 121 cm³/mol. The number of hydrogen-bond donors (Lipinski definition) is 1. The summed E-state index contributed by atoms with van der Waals surface area (Å²) in [4.78, 5) is 15.6. The van der Waals surface area contributed by atoms with Gasteiger partial charge in [0.1, 0.15) is 0 Å². The molecule has 1 aliphatic heterocycles. The second kappa shape index (κ2) is 8.47. The molecule has 150 valence electrons. The predicted octanol–water partition coefficient (Wildman–Crippen LogP) is 3.90. The molecule has 3 heterocycles. The third-order valence-corrected chi connectivity index (χ3v) is 6.38. The Balaban J connectivity index is 1.64. The van der Waals surface area contributed by atoms with Crippen molar-refractivity contribution in [3.8, 4) is 11.1 Å². The van der Waals surface area contributed by atoms with E-state index in [-0.39, 0.29) is 0 Å². The normalized spacial score (nSPS) is 14.9. The second-order valence-corrected chi connectivity index (χ2v) is 9.23. The maximum Gasteiger partial charge on any atom is 0.225 e. The van der Waals surface area contributed by atoms with Gasteiger partial charge >= 0.3 is 0 Å². The fraction of sp³-hybridized carbons (Fsp3) is 0.286. The number of rotatable bonds is 5. The molecule has 1 N–H and O–H groups in total. The fourth-order valence-corrected chi connectivity index (χ4v) is 4.51. The Kier molecular flexibility index (Phi) is 5.78. The van der Waals surface area contributed by atoms with E-state index < -0.39 is 10.8 Å². The first kappa shape index (κ1) is 19.8. The van der Waals surface area contributed by atoms with Crippen LogP contribution >= 0.6 is 11.6 Å². The van der Waals surface area contributed by atoms with Crippen molar-refractivity contribution >= 4 is 44.9 Å². The molecule has 0 atom stereocenters. The monoisotopic (exact) mass is 427 g/mol. The smallest absolute Gasteiger partial charge is 0.225 e. The Labute approximate surface area is 177 Å². The van der Waals surface area contributed by atoms with Crippen LogP contribution in [0.2, 0.25) is 5.02 Å². The first-order valence-electron chi connectivity index (χ1n) is 9.40. The molecule has 0 unspecified atom stereocenters. The third kappa shape index (κ3) is 4.41. The van der Waals surface area contributed by atoms with Gasteiger partial charge in [-0.2, -0.15) is 0 Å². The maximum atomic E-state index is 11.5. The van der Waals surface area contributed by atoms with E-state index in [0.29, 0.717) is 29.0 Å². The summed E-state index contributed by atoms with van der Waals surface area (Å²) in [5, 5.41) is 4.87. The first-order valence-corrected chi connectivity index (χ1v) is 11.3. The highest BCUT2D eigenvalue weighted by atomic mass is 35.5. The van der Waals surface area contributed by atoms with Gasteiger partial charge in [0.2, 0.25) is 5.95 Å². The van der Waals surface area contributed by atoms with Crippen molar-refractivity contribution in [1.82, 2.24) is 15.0 Å².